The molecule has 12 heteroatoms. The Balaban J connectivity index is 1.85. The zero-order chi connectivity index (χ0) is 25.7. The van der Waals surface area contributed by atoms with Gasteiger partial charge in [-0.25, -0.2) is 4.79 Å². The minimum absolute atomic E-state index is 0.0572. The Labute approximate surface area is 199 Å². The van der Waals surface area contributed by atoms with Gasteiger partial charge in [-0.1, -0.05) is 30.3 Å². The Hall–Kier alpha value is -3.55. The summed E-state index contributed by atoms with van der Waals surface area (Å²) in [5, 5.41) is 59.8. The fourth-order valence-corrected chi connectivity index (χ4v) is 3.54. The summed E-state index contributed by atoms with van der Waals surface area (Å²) in [6, 6.07) is 10.9. The number of hydrogen-bond donors (Lipinski definition) is 7. The molecule has 2 aromatic carbocycles. The molecule has 0 aromatic heterocycles. The molecule has 3 rings (SSSR count). The largest absolute Gasteiger partial charge is 0.481 e. The number of nitrogens with one attached hydrogen (secondary N) is 1. The van der Waals surface area contributed by atoms with Crippen molar-refractivity contribution in [3.8, 4) is 16.9 Å². The van der Waals surface area contributed by atoms with Gasteiger partial charge in [0.2, 0.25) is 6.29 Å². The van der Waals surface area contributed by atoms with Gasteiger partial charge in [0.05, 0.1) is 13.0 Å². The monoisotopic (exact) mass is 491 g/mol. The van der Waals surface area contributed by atoms with Crippen molar-refractivity contribution in [1.82, 2.24) is 5.32 Å². The predicted molar refractivity (Wildman–Crippen MR) is 117 cm³/mol. The number of amides is 1. The summed E-state index contributed by atoms with van der Waals surface area (Å²) in [5.41, 5.74) is 0.962. The minimum Gasteiger partial charge on any atom is -0.481 e. The highest BCUT2D eigenvalue weighted by atomic mass is 16.7. The molecule has 0 radical (unpaired) electrons. The maximum atomic E-state index is 12.6. The number of aliphatic carboxylic acids is 2. The van der Waals surface area contributed by atoms with E-state index < -0.39 is 67.6 Å². The zero-order valence-electron chi connectivity index (χ0n) is 18.2. The van der Waals surface area contributed by atoms with Crippen LogP contribution in [0.4, 0.5) is 0 Å². The van der Waals surface area contributed by atoms with Gasteiger partial charge in [-0.3, -0.25) is 9.59 Å². The van der Waals surface area contributed by atoms with Gasteiger partial charge in [0, 0.05) is 11.1 Å². The number of carboxylic acid groups (broad SMARTS) is 2. The van der Waals surface area contributed by atoms with Crippen LogP contribution in [0.3, 0.4) is 0 Å². The normalized spacial score (nSPS) is 24.9. The fourth-order valence-electron chi connectivity index (χ4n) is 3.54. The lowest BCUT2D eigenvalue weighted by Gasteiger charge is -2.39. The Morgan fingerprint density at radius 2 is 1.69 bits per heavy atom. The lowest BCUT2D eigenvalue weighted by atomic mass is 9.99. The first-order valence-corrected chi connectivity index (χ1v) is 10.5. The third kappa shape index (κ3) is 6.12. The second-order valence-corrected chi connectivity index (χ2v) is 7.85. The first-order chi connectivity index (χ1) is 16.6. The third-order valence-corrected chi connectivity index (χ3v) is 5.40. The molecule has 1 amide bonds. The number of carbonyl (C=O) groups is 3. The molecule has 35 heavy (non-hydrogen) atoms. The number of hydrogen-bond acceptors (Lipinski definition) is 9. The van der Waals surface area contributed by atoms with Crippen LogP contribution in [-0.2, 0) is 14.3 Å². The highest BCUT2D eigenvalue weighted by Crippen LogP contribution is 2.33. The molecule has 1 aliphatic heterocycles. The van der Waals surface area contributed by atoms with Crippen molar-refractivity contribution in [2.45, 2.75) is 43.2 Å². The molecule has 0 saturated carbocycles. The number of carboxylic acids is 2. The van der Waals surface area contributed by atoms with Crippen LogP contribution in [-0.4, -0.2) is 91.8 Å². The van der Waals surface area contributed by atoms with Crippen LogP contribution in [0.2, 0.25) is 0 Å². The van der Waals surface area contributed by atoms with Gasteiger partial charge in [0.15, 0.2) is 0 Å². The number of aliphatic hydroxyl groups excluding tert-OH is 4. The Kier molecular flexibility index (Phi) is 8.38. The van der Waals surface area contributed by atoms with E-state index in [9.17, 15) is 34.8 Å². The maximum Gasteiger partial charge on any atom is 0.326 e. The molecule has 0 bridgehead atoms. The van der Waals surface area contributed by atoms with Gasteiger partial charge in [0.1, 0.15) is 36.2 Å². The van der Waals surface area contributed by atoms with E-state index in [1.54, 1.807) is 24.3 Å². The number of aliphatic hydroxyl groups is 4. The Morgan fingerprint density at radius 1 is 0.971 bits per heavy atom. The van der Waals surface area contributed by atoms with Gasteiger partial charge in [-0.15, -0.1) is 0 Å². The quantitative estimate of drug-likeness (QED) is 0.231. The van der Waals surface area contributed by atoms with E-state index in [1.807, 2.05) is 0 Å². The summed E-state index contributed by atoms with van der Waals surface area (Å²) >= 11 is 0. The number of carbonyl (C=O) groups excluding carboxylic acids is 1. The molecule has 188 valence electrons. The van der Waals surface area contributed by atoms with Crippen LogP contribution in [0.5, 0.6) is 5.75 Å². The van der Waals surface area contributed by atoms with Crippen LogP contribution in [0.15, 0.2) is 48.5 Å². The summed E-state index contributed by atoms with van der Waals surface area (Å²) in [4.78, 5) is 34.7. The molecule has 0 aliphatic carbocycles. The third-order valence-electron chi connectivity index (χ3n) is 5.40. The highest BCUT2D eigenvalue weighted by molar-refractivity contribution is 5.98. The average molecular weight is 491 g/mol. The topological polar surface area (TPSA) is 203 Å². The first kappa shape index (κ1) is 26.1. The fraction of sp³-hybridized carbons (Fsp3) is 0.348. The standard InChI is InChI=1S/C23H25NO11/c25-10-16-18(28)19(29)20(30)23(35-16)34-15-7-2-1-6-13(15)11-4-3-5-12(8-11)21(31)24-14(22(32)33)9-17(26)27/h1-8,14,16,18-20,23,25,28-30H,9-10H2,(H,24,31)(H,26,27)(H,32,33)/t14-,16+,18+,19-,20-,23-/m0/s1. The van der Waals surface area contributed by atoms with Crippen molar-refractivity contribution in [2.75, 3.05) is 6.61 Å². The molecule has 1 saturated heterocycles. The smallest absolute Gasteiger partial charge is 0.326 e. The maximum absolute atomic E-state index is 12.6. The van der Waals surface area contributed by atoms with Crippen LogP contribution in [0.25, 0.3) is 11.1 Å². The van der Waals surface area contributed by atoms with Crippen LogP contribution < -0.4 is 10.1 Å². The molecular weight excluding hydrogens is 466 g/mol. The number of benzene rings is 2. The molecular formula is C23H25NO11. The zero-order valence-corrected chi connectivity index (χ0v) is 18.2. The van der Waals surface area contributed by atoms with Gasteiger partial charge in [-0.2, -0.15) is 0 Å². The predicted octanol–water partition coefficient (Wildman–Crippen LogP) is -0.810. The van der Waals surface area contributed by atoms with E-state index >= 15 is 0 Å². The van der Waals surface area contributed by atoms with E-state index in [1.165, 1.54) is 24.3 Å². The van der Waals surface area contributed by atoms with E-state index in [0.29, 0.717) is 11.1 Å². The van der Waals surface area contributed by atoms with Crippen molar-refractivity contribution in [1.29, 1.82) is 0 Å². The van der Waals surface area contributed by atoms with Crippen molar-refractivity contribution in [2.24, 2.45) is 0 Å². The molecule has 0 unspecified atom stereocenters. The second kappa shape index (κ2) is 11.3. The van der Waals surface area contributed by atoms with Crippen molar-refractivity contribution < 1.29 is 54.5 Å². The van der Waals surface area contributed by atoms with Crippen molar-refractivity contribution >= 4 is 17.8 Å². The average Bonchev–Trinajstić information content (AvgIpc) is 2.84. The first-order valence-electron chi connectivity index (χ1n) is 10.5. The van der Waals surface area contributed by atoms with Crippen LogP contribution in [0, 0.1) is 0 Å². The summed E-state index contributed by atoms with van der Waals surface area (Å²) in [6.07, 6.45) is -8.18. The van der Waals surface area contributed by atoms with Gasteiger partial charge in [-0.05, 0) is 23.8 Å². The summed E-state index contributed by atoms with van der Waals surface area (Å²) in [7, 11) is 0. The molecule has 0 spiro atoms. The molecule has 2 aromatic rings. The van der Waals surface area contributed by atoms with E-state index in [2.05, 4.69) is 5.32 Å². The van der Waals surface area contributed by atoms with E-state index in [-0.39, 0.29) is 11.3 Å². The van der Waals surface area contributed by atoms with Gasteiger partial charge < -0.3 is 45.4 Å². The lowest BCUT2D eigenvalue weighted by Crippen LogP contribution is -2.60. The summed E-state index contributed by atoms with van der Waals surface area (Å²) < 4.78 is 11.1. The second-order valence-electron chi connectivity index (χ2n) is 7.85. The van der Waals surface area contributed by atoms with Crippen LogP contribution >= 0.6 is 0 Å². The van der Waals surface area contributed by atoms with E-state index in [4.69, 9.17) is 19.7 Å². The van der Waals surface area contributed by atoms with Crippen LogP contribution in [0.1, 0.15) is 16.8 Å². The van der Waals surface area contributed by atoms with Crippen molar-refractivity contribution in [3.05, 3.63) is 54.1 Å². The number of rotatable bonds is 9. The van der Waals surface area contributed by atoms with Gasteiger partial charge in [0.25, 0.3) is 5.91 Å². The summed E-state index contributed by atoms with van der Waals surface area (Å²) in [5.74, 6) is -3.49. The number of para-hydroxylation sites is 1. The molecule has 7 N–H and O–H groups in total. The highest BCUT2D eigenvalue weighted by Gasteiger charge is 2.44. The van der Waals surface area contributed by atoms with E-state index in [0.717, 1.165) is 0 Å². The summed E-state index contributed by atoms with van der Waals surface area (Å²) in [6.45, 7) is -0.622. The molecule has 1 fully saturated rings. The molecule has 1 aliphatic rings. The molecule has 12 nitrogen and oxygen atoms in total. The number of ether oxygens (including phenoxy) is 2. The SMILES string of the molecule is O=C(O)C[C@H](NC(=O)c1cccc(-c2ccccc2O[C@H]2O[C@H](CO)[C@@H](O)[C@H](O)[C@@H]2O)c1)C(=O)O. The molecule has 1 heterocycles. The lowest BCUT2D eigenvalue weighted by molar-refractivity contribution is -0.277. The molecule has 6 atom stereocenters. The van der Waals surface area contributed by atoms with Crippen molar-refractivity contribution in [3.63, 3.8) is 0 Å². The Morgan fingerprint density at radius 3 is 2.34 bits per heavy atom. The minimum atomic E-state index is -1.63. The van der Waals surface area contributed by atoms with Gasteiger partial charge >= 0.3 is 11.9 Å². The Bertz CT molecular complexity index is 1070.